The van der Waals surface area contributed by atoms with Gasteiger partial charge in [0.15, 0.2) is 5.13 Å². The van der Waals surface area contributed by atoms with Crippen molar-refractivity contribution in [3.63, 3.8) is 0 Å². The maximum absolute atomic E-state index is 10.9. The smallest absolute Gasteiger partial charge is 0.308 e. The molecule has 0 unspecified atom stereocenters. The molecule has 0 aliphatic carbocycles. The Hall–Kier alpha value is -2.95. The lowest BCUT2D eigenvalue weighted by Crippen LogP contribution is -2.08. The number of nitrogens with one attached hydrogen (secondary N) is 1. The number of hydrogen-bond acceptors (Lipinski definition) is 9. The van der Waals surface area contributed by atoms with Crippen molar-refractivity contribution in [2.24, 2.45) is 0 Å². The Morgan fingerprint density at radius 2 is 1.90 bits per heavy atom. The molecular formula is C20H19N5O2S3. The lowest BCUT2D eigenvalue weighted by Gasteiger charge is -2.12. The van der Waals surface area contributed by atoms with Crippen molar-refractivity contribution in [1.29, 1.82) is 0 Å². The summed E-state index contributed by atoms with van der Waals surface area (Å²) in [5.74, 6) is -0.401. The lowest BCUT2D eigenvalue weighted by molar-refractivity contribution is -0.136. The lowest BCUT2D eigenvalue weighted by atomic mass is 10.2. The minimum Gasteiger partial charge on any atom is -0.481 e. The minimum absolute atomic E-state index is 0.0218. The Kier molecular flexibility index (Phi) is 5.71. The van der Waals surface area contributed by atoms with E-state index in [0.717, 1.165) is 36.7 Å². The highest BCUT2D eigenvalue weighted by molar-refractivity contribution is 7.24. The Balaban J connectivity index is 1.52. The van der Waals surface area contributed by atoms with E-state index in [1.54, 1.807) is 0 Å². The molecule has 3 aromatic heterocycles. The summed E-state index contributed by atoms with van der Waals surface area (Å²) < 4.78 is 0. The van der Waals surface area contributed by atoms with Gasteiger partial charge in [0.1, 0.15) is 15.7 Å². The second-order valence-electron chi connectivity index (χ2n) is 6.67. The minimum atomic E-state index is -0.837. The Labute approximate surface area is 185 Å². The fourth-order valence-corrected chi connectivity index (χ4v) is 5.61. The van der Waals surface area contributed by atoms with Crippen LogP contribution in [-0.4, -0.2) is 35.1 Å². The number of thiazole rings is 2. The van der Waals surface area contributed by atoms with Gasteiger partial charge in [-0.2, -0.15) is 0 Å². The predicted molar refractivity (Wildman–Crippen MR) is 126 cm³/mol. The summed E-state index contributed by atoms with van der Waals surface area (Å²) in [7, 11) is 4.00. The molecule has 0 fully saturated rings. The number of carboxylic acid groups (broad SMARTS) is 1. The van der Waals surface area contributed by atoms with Gasteiger partial charge in [-0.15, -0.1) is 22.7 Å². The van der Waals surface area contributed by atoms with E-state index in [0.29, 0.717) is 10.9 Å². The molecule has 0 radical (unpaired) electrons. The number of rotatable bonds is 7. The van der Waals surface area contributed by atoms with Crippen LogP contribution in [0.2, 0.25) is 0 Å². The number of carboxylic acids is 1. The zero-order valence-electron chi connectivity index (χ0n) is 16.2. The van der Waals surface area contributed by atoms with Gasteiger partial charge < -0.3 is 21.1 Å². The molecule has 0 aliphatic rings. The number of thiophene rings is 1. The summed E-state index contributed by atoms with van der Waals surface area (Å²) in [5, 5.41) is 15.7. The first-order valence-electron chi connectivity index (χ1n) is 8.96. The zero-order chi connectivity index (χ0) is 21.3. The number of carbonyl (C=O) groups is 1. The Morgan fingerprint density at radius 1 is 1.13 bits per heavy atom. The largest absolute Gasteiger partial charge is 0.481 e. The van der Waals surface area contributed by atoms with Crippen molar-refractivity contribution in [3.05, 3.63) is 46.7 Å². The summed E-state index contributed by atoms with van der Waals surface area (Å²) in [6.07, 6.45) is 0.0218. The molecule has 30 heavy (non-hydrogen) atoms. The monoisotopic (exact) mass is 457 g/mol. The van der Waals surface area contributed by atoms with Crippen molar-refractivity contribution in [2.45, 2.75) is 6.42 Å². The molecule has 154 valence electrons. The number of nitrogen functional groups attached to an aromatic ring is 1. The van der Waals surface area contributed by atoms with E-state index in [1.807, 2.05) is 60.8 Å². The summed E-state index contributed by atoms with van der Waals surface area (Å²) in [5.41, 5.74) is 9.03. The molecule has 1 aromatic carbocycles. The van der Waals surface area contributed by atoms with Gasteiger partial charge in [-0.25, -0.2) is 9.97 Å². The van der Waals surface area contributed by atoms with Gasteiger partial charge in [-0.3, -0.25) is 4.79 Å². The number of nitrogens with two attached hydrogens (primary N) is 1. The van der Waals surface area contributed by atoms with Crippen LogP contribution in [0, 0.1) is 0 Å². The van der Waals surface area contributed by atoms with Gasteiger partial charge in [-0.1, -0.05) is 11.3 Å². The van der Waals surface area contributed by atoms with Gasteiger partial charge in [0, 0.05) is 35.7 Å². The number of hydrogen-bond donors (Lipinski definition) is 3. The number of benzene rings is 1. The summed E-state index contributed by atoms with van der Waals surface area (Å²) >= 11 is 4.39. The second-order valence-corrected chi connectivity index (χ2v) is 9.70. The van der Waals surface area contributed by atoms with Crippen LogP contribution in [0.4, 0.5) is 22.3 Å². The SMILES string of the molecule is CN(C)c1ccc(Nc2nc(N)c(-c3nc(-c4ccc(CC(=O)O)s4)cs3)s2)cc1. The number of aliphatic carboxylic acids is 1. The van der Waals surface area contributed by atoms with Crippen molar-refractivity contribution in [2.75, 3.05) is 30.0 Å². The standard InChI is InChI=1S/C20H19N5O2S3/c1-25(2)12-5-3-11(4-6-12)22-20-24-18(21)17(30-20)19-23-14(10-28-19)15-8-7-13(29-15)9-16(26)27/h3-8,10H,9,21H2,1-2H3,(H,22,24)(H,26,27). The Bertz CT molecular complexity index is 1180. The van der Waals surface area contributed by atoms with E-state index in [2.05, 4.69) is 10.3 Å². The third-order valence-corrected chi connectivity index (χ3v) is 7.32. The number of nitrogens with zero attached hydrogens (tertiary/aromatic N) is 3. The summed E-state index contributed by atoms with van der Waals surface area (Å²) in [4.78, 5) is 24.6. The molecule has 4 N–H and O–H groups in total. The van der Waals surface area contributed by atoms with Crippen LogP contribution >= 0.6 is 34.0 Å². The quantitative estimate of drug-likeness (QED) is 0.358. The highest BCUT2D eigenvalue weighted by Gasteiger charge is 2.16. The van der Waals surface area contributed by atoms with Crippen LogP contribution in [0.15, 0.2) is 41.8 Å². The molecule has 0 atom stereocenters. The van der Waals surface area contributed by atoms with Crippen LogP contribution in [0.1, 0.15) is 4.88 Å². The molecule has 0 spiro atoms. The van der Waals surface area contributed by atoms with Crippen molar-refractivity contribution >= 4 is 62.3 Å². The highest BCUT2D eigenvalue weighted by Crippen LogP contribution is 2.40. The number of anilines is 4. The fourth-order valence-electron chi connectivity index (χ4n) is 2.76. The summed E-state index contributed by atoms with van der Waals surface area (Å²) in [6, 6.07) is 11.8. The average Bonchev–Trinajstić information content (AvgIpc) is 3.41. The molecule has 0 bridgehead atoms. The van der Waals surface area contributed by atoms with E-state index in [9.17, 15) is 4.79 Å². The maximum atomic E-state index is 10.9. The van der Waals surface area contributed by atoms with Crippen molar-refractivity contribution in [3.8, 4) is 20.5 Å². The normalized spacial score (nSPS) is 10.9. The van der Waals surface area contributed by atoms with Crippen LogP contribution in [0.5, 0.6) is 0 Å². The number of aromatic nitrogens is 2. The van der Waals surface area contributed by atoms with E-state index < -0.39 is 5.97 Å². The Morgan fingerprint density at radius 3 is 2.60 bits per heavy atom. The fraction of sp³-hybridized carbons (Fsp3) is 0.150. The molecule has 10 heteroatoms. The molecule has 0 amide bonds. The first kappa shape index (κ1) is 20.3. The van der Waals surface area contributed by atoms with E-state index in [1.165, 1.54) is 34.0 Å². The molecule has 0 saturated carbocycles. The molecule has 4 aromatic rings. The average molecular weight is 458 g/mol. The topological polar surface area (TPSA) is 104 Å². The molecule has 3 heterocycles. The summed E-state index contributed by atoms with van der Waals surface area (Å²) in [6.45, 7) is 0. The molecule has 0 aliphatic heterocycles. The van der Waals surface area contributed by atoms with Crippen LogP contribution in [0.25, 0.3) is 20.5 Å². The first-order valence-corrected chi connectivity index (χ1v) is 11.5. The van der Waals surface area contributed by atoms with Gasteiger partial charge >= 0.3 is 5.97 Å². The van der Waals surface area contributed by atoms with Gasteiger partial charge in [0.25, 0.3) is 0 Å². The molecule has 4 rings (SSSR count). The maximum Gasteiger partial charge on any atom is 0.308 e. The van der Waals surface area contributed by atoms with E-state index in [-0.39, 0.29) is 6.42 Å². The predicted octanol–water partition coefficient (Wildman–Crippen LogP) is 5.01. The van der Waals surface area contributed by atoms with E-state index in [4.69, 9.17) is 15.8 Å². The third-order valence-electron chi connectivity index (χ3n) is 4.23. The molecular weight excluding hydrogens is 438 g/mol. The van der Waals surface area contributed by atoms with Crippen LogP contribution in [-0.2, 0) is 11.2 Å². The van der Waals surface area contributed by atoms with E-state index >= 15 is 0 Å². The van der Waals surface area contributed by atoms with Crippen molar-refractivity contribution < 1.29 is 9.90 Å². The van der Waals surface area contributed by atoms with Gasteiger partial charge in [-0.05, 0) is 36.4 Å². The molecule has 0 saturated heterocycles. The van der Waals surface area contributed by atoms with Crippen LogP contribution < -0.4 is 16.0 Å². The van der Waals surface area contributed by atoms with Crippen LogP contribution in [0.3, 0.4) is 0 Å². The zero-order valence-corrected chi connectivity index (χ0v) is 18.7. The second kappa shape index (κ2) is 8.42. The third kappa shape index (κ3) is 4.45. The van der Waals surface area contributed by atoms with Gasteiger partial charge in [0.05, 0.1) is 17.0 Å². The first-order chi connectivity index (χ1) is 14.4. The van der Waals surface area contributed by atoms with Gasteiger partial charge in [0.2, 0.25) is 0 Å². The molecule has 7 nitrogen and oxygen atoms in total. The van der Waals surface area contributed by atoms with Crippen molar-refractivity contribution in [1.82, 2.24) is 9.97 Å². The highest BCUT2D eigenvalue weighted by atomic mass is 32.1.